The zero-order chi connectivity index (χ0) is 17.3. The maximum absolute atomic E-state index is 12.3. The van der Waals surface area contributed by atoms with Gasteiger partial charge in [0.05, 0.1) is 17.6 Å². The molecule has 6 heteroatoms. The van der Waals surface area contributed by atoms with E-state index in [0.29, 0.717) is 17.6 Å². The lowest BCUT2D eigenvalue weighted by Gasteiger charge is -2.25. The molecule has 1 fully saturated rings. The number of hydrogen-bond acceptors (Lipinski definition) is 3. The maximum atomic E-state index is 12.3. The highest BCUT2D eigenvalue weighted by molar-refractivity contribution is 6.06. The number of rotatable bonds is 4. The van der Waals surface area contributed by atoms with E-state index in [9.17, 15) is 14.7 Å². The van der Waals surface area contributed by atoms with Gasteiger partial charge in [-0.05, 0) is 50.6 Å². The van der Waals surface area contributed by atoms with Gasteiger partial charge in [0, 0.05) is 24.3 Å². The molecule has 1 aromatic carbocycles. The van der Waals surface area contributed by atoms with Gasteiger partial charge in [0.1, 0.15) is 0 Å². The summed E-state index contributed by atoms with van der Waals surface area (Å²) in [5, 5.41) is 12.9. The van der Waals surface area contributed by atoms with E-state index in [1.807, 2.05) is 24.6 Å². The predicted molar refractivity (Wildman–Crippen MR) is 93.5 cm³/mol. The number of anilines is 1. The number of hydrogen-bond donors (Lipinski definition) is 2. The van der Waals surface area contributed by atoms with E-state index >= 15 is 0 Å². The predicted octanol–water partition coefficient (Wildman–Crippen LogP) is 2.61. The highest BCUT2D eigenvalue weighted by Gasteiger charge is 2.17. The molecule has 0 aliphatic carbocycles. The number of amides is 1. The lowest BCUT2D eigenvalue weighted by Crippen LogP contribution is -2.36. The first-order valence-electron chi connectivity index (χ1n) is 8.31. The molecule has 2 aromatic rings. The highest BCUT2D eigenvalue weighted by atomic mass is 16.4. The number of carboxylic acids is 1. The van der Waals surface area contributed by atoms with Crippen LogP contribution in [-0.4, -0.2) is 46.1 Å². The third-order valence-electron chi connectivity index (χ3n) is 4.60. The van der Waals surface area contributed by atoms with Crippen molar-refractivity contribution in [2.75, 3.05) is 25.0 Å². The van der Waals surface area contributed by atoms with Crippen molar-refractivity contribution in [1.29, 1.82) is 0 Å². The van der Waals surface area contributed by atoms with E-state index in [1.165, 1.54) is 6.42 Å². The molecule has 1 aromatic heterocycles. The van der Waals surface area contributed by atoms with E-state index < -0.39 is 5.97 Å². The second-order valence-corrected chi connectivity index (χ2v) is 6.53. The topological polar surface area (TPSA) is 74.6 Å². The summed E-state index contributed by atoms with van der Waals surface area (Å²) in [6, 6.07) is 3.64. The molecule has 2 heterocycles. The molecule has 1 saturated heterocycles. The molecule has 0 radical (unpaired) electrons. The number of aromatic nitrogens is 1. The zero-order valence-corrected chi connectivity index (χ0v) is 14.1. The minimum atomic E-state index is -0.961. The summed E-state index contributed by atoms with van der Waals surface area (Å²) in [7, 11) is 1.83. The molecular formula is C18H23N3O3. The fourth-order valence-corrected chi connectivity index (χ4v) is 3.54. The number of aromatic carboxylic acids is 1. The molecule has 0 unspecified atom stereocenters. The summed E-state index contributed by atoms with van der Waals surface area (Å²) in [6.07, 6.45) is 5.13. The molecule has 1 amide bonds. The molecule has 24 heavy (non-hydrogen) atoms. The van der Waals surface area contributed by atoms with Crippen LogP contribution in [0, 0.1) is 6.92 Å². The van der Waals surface area contributed by atoms with Crippen LogP contribution in [0.3, 0.4) is 0 Å². The number of carbonyl (C=O) groups is 2. The van der Waals surface area contributed by atoms with Crippen molar-refractivity contribution in [3.63, 3.8) is 0 Å². The van der Waals surface area contributed by atoms with Crippen LogP contribution in [0.2, 0.25) is 0 Å². The lowest BCUT2D eigenvalue weighted by atomic mass is 10.1. The first-order valence-corrected chi connectivity index (χ1v) is 8.31. The SMILES string of the molecule is Cc1cc(NC(=O)CN2CCCCC2)cc2c(C(=O)O)cn(C)c12. The normalized spacial score (nSPS) is 15.6. The van der Waals surface area contributed by atoms with E-state index in [-0.39, 0.29) is 11.5 Å². The lowest BCUT2D eigenvalue weighted by molar-refractivity contribution is -0.117. The van der Waals surface area contributed by atoms with Gasteiger partial charge < -0.3 is 15.0 Å². The third-order valence-corrected chi connectivity index (χ3v) is 4.60. The molecule has 1 aliphatic rings. The molecule has 0 spiro atoms. The number of carboxylic acid groups (broad SMARTS) is 1. The van der Waals surface area contributed by atoms with Crippen LogP contribution in [-0.2, 0) is 11.8 Å². The monoisotopic (exact) mass is 329 g/mol. The van der Waals surface area contributed by atoms with Gasteiger partial charge in [0.25, 0.3) is 0 Å². The smallest absolute Gasteiger partial charge is 0.337 e. The van der Waals surface area contributed by atoms with Gasteiger partial charge in [-0.15, -0.1) is 0 Å². The first-order chi connectivity index (χ1) is 11.5. The van der Waals surface area contributed by atoms with Crippen LogP contribution in [0.15, 0.2) is 18.3 Å². The van der Waals surface area contributed by atoms with E-state index in [4.69, 9.17) is 0 Å². The summed E-state index contributed by atoms with van der Waals surface area (Å²) in [6.45, 7) is 4.24. The standard InChI is InChI=1S/C18H23N3O3/c1-12-8-13(19-16(22)11-21-6-4-3-5-7-21)9-14-15(18(23)24)10-20(2)17(12)14/h8-10H,3-7,11H2,1-2H3,(H,19,22)(H,23,24). The Hall–Kier alpha value is -2.34. The van der Waals surface area contributed by atoms with Gasteiger partial charge in [-0.2, -0.15) is 0 Å². The van der Waals surface area contributed by atoms with Gasteiger partial charge >= 0.3 is 5.97 Å². The van der Waals surface area contributed by atoms with Crippen LogP contribution in [0.4, 0.5) is 5.69 Å². The summed E-state index contributed by atoms with van der Waals surface area (Å²) in [5.74, 6) is -1.01. The van der Waals surface area contributed by atoms with Crippen molar-refractivity contribution in [2.45, 2.75) is 26.2 Å². The molecular weight excluding hydrogens is 306 g/mol. The Kier molecular flexibility index (Phi) is 4.57. The van der Waals surface area contributed by atoms with Crippen LogP contribution in [0.5, 0.6) is 0 Å². The average Bonchev–Trinajstić information content (AvgIpc) is 2.85. The molecule has 3 rings (SSSR count). The number of fused-ring (bicyclic) bond motifs is 1. The number of likely N-dealkylation sites (tertiary alicyclic amines) is 1. The Morgan fingerprint density at radius 2 is 1.92 bits per heavy atom. The molecule has 2 N–H and O–H groups in total. The largest absolute Gasteiger partial charge is 0.478 e. The van der Waals surface area contributed by atoms with Gasteiger partial charge in [-0.25, -0.2) is 4.79 Å². The first kappa shape index (κ1) is 16.5. The highest BCUT2D eigenvalue weighted by Crippen LogP contribution is 2.28. The fourth-order valence-electron chi connectivity index (χ4n) is 3.54. The minimum Gasteiger partial charge on any atom is -0.478 e. The van der Waals surface area contributed by atoms with E-state index in [0.717, 1.165) is 37.0 Å². The Morgan fingerprint density at radius 1 is 1.21 bits per heavy atom. The second kappa shape index (κ2) is 6.65. The van der Waals surface area contributed by atoms with Crippen molar-refractivity contribution in [1.82, 2.24) is 9.47 Å². The van der Waals surface area contributed by atoms with Crippen LogP contribution >= 0.6 is 0 Å². The van der Waals surface area contributed by atoms with Gasteiger partial charge in [-0.1, -0.05) is 6.42 Å². The molecule has 6 nitrogen and oxygen atoms in total. The van der Waals surface area contributed by atoms with Crippen molar-refractivity contribution in [3.8, 4) is 0 Å². The zero-order valence-electron chi connectivity index (χ0n) is 14.1. The fraction of sp³-hybridized carbons (Fsp3) is 0.444. The molecule has 128 valence electrons. The Bertz CT molecular complexity index is 788. The summed E-state index contributed by atoms with van der Waals surface area (Å²) in [4.78, 5) is 25.9. The maximum Gasteiger partial charge on any atom is 0.337 e. The van der Waals surface area contributed by atoms with E-state index in [2.05, 4.69) is 10.2 Å². The number of benzene rings is 1. The van der Waals surface area contributed by atoms with Crippen molar-refractivity contribution in [2.24, 2.45) is 7.05 Å². The molecule has 1 aliphatic heterocycles. The average molecular weight is 329 g/mol. The van der Waals surface area contributed by atoms with Gasteiger partial charge in [-0.3, -0.25) is 9.69 Å². The van der Waals surface area contributed by atoms with Crippen molar-refractivity contribution in [3.05, 3.63) is 29.5 Å². The van der Waals surface area contributed by atoms with Crippen LogP contribution in [0.1, 0.15) is 35.2 Å². The van der Waals surface area contributed by atoms with Crippen LogP contribution in [0.25, 0.3) is 10.9 Å². The molecule has 0 bridgehead atoms. The molecule has 0 atom stereocenters. The Morgan fingerprint density at radius 3 is 2.58 bits per heavy atom. The quantitative estimate of drug-likeness (QED) is 0.904. The number of carbonyl (C=O) groups excluding carboxylic acids is 1. The number of nitrogens with zero attached hydrogens (tertiary/aromatic N) is 2. The summed E-state index contributed by atoms with van der Waals surface area (Å²) >= 11 is 0. The Balaban J connectivity index is 1.83. The van der Waals surface area contributed by atoms with Crippen molar-refractivity contribution >= 4 is 28.5 Å². The summed E-state index contributed by atoms with van der Waals surface area (Å²) in [5.41, 5.74) is 2.72. The number of piperidine rings is 1. The van der Waals surface area contributed by atoms with Crippen molar-refractivity contribution < 1.29 is 14.7 Å². The number of aryl methyl sites for hydroxylation is 2. The minimum absolute atomic E-state index is 0.0524. The molecule has 0 saturated carbocycles. The Labute approximate surface area is 141 Å². The third kappa shape index (κ3) is 3.28. The second-order valence-electron chi connectivity index (χ2n) is 6.53. The van der Waals surface area contributed by atoms with Crippen LogP contribution < -0.4 is 5.32 Å². The van der Waals surface area contributed by atoms with Gasteiger partial charge in [0.15, 0.2) is 0 Å². The number of nitrogens with one attached hydrogen (secondary N) is 1. The van der Waals surface area contributed by atoms with E-state index in [1.54, 1.807) is 12.3 Å². The van der Waals surface area contributed by atoms with Gasteiger partial charge in [0.2, 0.25) is 5.91 Å². The summed E-state index contributed by atoms with van der Waals surface area (Å²) < 4.78 is 1.81.